The molecule has 1 aromatic carbocycles. The summed E-state index contributed by atoms with van der Waals surface area (Å²) in [6.07, 6.45) is 2.72. The summed E-state index contributed by atoms with van der Waals surface area (Å²) in [5, 5.41) is 0. The second-order valence-corrected chi connectivity index (χ2v) is 5.70. The van der Waals surface area contributed by atoms with Gasteiger partial charge in [-0.25, -0.2) is 0 Å². The summed E-state index contributed by atoms with van der Waals surface area (Å²) in [5.41, 5.74) is 1.28. The van der Waals surface area contributed by atoms with Crippen molar-refractivity contribution in [2.75, 3.05) is 0 Å². The van der Waals surface area contributed by atoms with Gasteiger partial charge in [-0.3, -0.25) is 0 Å². The molecular formula is C16H23F3S. The van der Waals surface area contributed by atoms with Crippen molar-refractivity contribution < 1.29 is 13.2 Å². The van der Waals surface area contributed by atoms with Crippen molar-refractivity contribution in [1.29, 1.82) is 0 Å². The van der Waals surface area contributed by atoms with Crippen LogP contribution in [-0.2, 0) is 6.42 Å². The second-order valence-electron chi connectivity index (χ2n) is 5.22. The van der Waals surface area contributed by atoms with Crippen molar-refractivity contribution in [3.05, 3.63) is 29.8 Å². The van der Waals surface area contributed by atoms with E-state index in [1.165, 1.54) is 5.56 Å². The lowest BCUT2D eigenvalue weighted by molar-refractivity contribution is -0.135. The van der Waals surface area contributed by atoms with E-state index in [-0.39, 0.29) is 6.42 Å². The van der Waals surface area contributed by atoms with E-state index < -0.39 is 12.6 Å². The summed E-state index contributed by atoms with van der Waals surface area (Å²) < 4.78 is 35.8. The minimum atomic E-state index is -3.99. The van der Waals surface area contributed by atoms with Gasteiger partial charge in [-0.05, 0) is 30.9 Å². The molecule has 20 heavy (non-hydrogen) atoms. The van der Waals surface area contributed by atoms with Crippen LogP contribution in [0.1, 0.15) is 56.9 Å². The minimum Gasteiger partial charge on any atom is -0.171 e. The van der Waals surface area contributed by atoms with Gasteiger partial charge in [0.1, 0.15) is 0 Å². The largest absolute Gasteiger partial charge is 0.389 e. The molecule has 0 unspecified atom stereocenters. The Labute approximate surface area is 125 Å². The van der Waals surface area contributed by atoms with Crippen molar-refractivity contribution in [1.82, 2.24) is 0 Å². The molecule has 0 saturated carbocycles. The van der Waals surface area contributed by atoms with Crippen molar-refractivity contribution in [2.45, 2.75) is 68.9 Å². The molecule has 1 rings (SSSR count). The van der Waals surface area contributed by atoms with Gasteiger partial charge in [0.2, 0.25) is 0 Å². The first kappa shape index (κ1) is 17.4. The molecule has 0 nitrogen and oxygen atoms in total. The maximum atomic E-state index is 11.9. The number of thiol groups is 1. The van der Waals surface area contributed by atoms with Crippen LogP contribution in [-0.4, -0.2) is 6.18 Å². The van der Waals surface area contributed by atoms with Gasteiger partial charge in [-0.1, -0.05) is 50.3 Å². The third-order valence-corrected chi connectivity index (χ3v) is 3.83. The third kappa shape index (κ3) is 8.51. The molecule has 114 valence electrons. The number of hydrogen-bond acceptors (Lipinski definition) is 1. The zero-order chi connectivity index (χ0) is 14.8. The maximum absolute atomic E-state index is 11.9. The highest BCUT2D eigenvalue weighted by Crippen LogP contribution is 2.23. The van der Waals surface area contributed by atoms with Gasteiger partial charge in [-0.15, -0.1) is 12.6 Å². The number of halogens is 3. The number of rotatable bonds is 9. The summed E-state index contributed by atoms with van der Waals surface area (Å²) in [6.45, 7) is 0. The molecule has 0 heterocycles. The number of benzene rings is 1. The predicted molar refractivity (Wildman–Crippen MR) is 80.4 cm³/mol. The number of aryl methyl sites for hydroxylation is 1. The van der Waals surface area contributed by atoms with Crippen LogP contribution in [0.4, 0.5) is 13.2 Å². The van der Waals surface area contributed by atoms with Gasteiger partial charge in [-0.2, -0.15) is 13.2 Å². The minimum absolute atomic E-state index is 0.274. The molecule has 0 bridgehead atoms. The van der Waals surface area contributed by atoms with Crippen LogP contribution in [0.2, 0.25) is 0 Å². The van der Waals surface area contributed by atoms with Gasteiger partial charge in [0.15, 0.2) is 0 Å². The van der Waals surface area contributed by atoms with Gasteiger partial charge < -0.3 is 0 Å². The molecule has 0 atom stereocenters. The third-order valence-electron chi connectivity index (χ3n) is 3.40. The Morgan fingerprint density at radius 2 is 1.35 bits per heavy atom. The van der Waals surface area contributed by atoms with Gasteiger partial charge in [0.25, 0.3) is 0 Å². The van der Waals surface area contributed by atoms with Gasteiger partial charge in [0.05, 0.1) is 0 Å². The normalized spacial score (nSPS) is 11.8. The molecule has 0 aliphatic heterocycles. The van der Waals surface area contributed by atoms with E-state index in [0.29, 0.717) is 6.42 Å². The molecule has 0 aliphatic rings. The van der Waals surface area contributed by atoms with E-state index in [1.807, 2.05) is 18.2 Å². The van der Waals surface area contributed by atoms with Crippen LogP contribution in [0.15, 0.2) is 29.2 Å². The fraction of sp³-hybridized carbons (Fsp3) is 0.625. The van der Waals surface area contributed by atoms with Crippen LogP contribution < -0.4 is 0 Å². The summed E-state index contributed by atoms with van der Waals surface area (Å²) in [4.78, 5) is 1.04. The van der Waals surface area contributed by atoms with Crippen LogP contribution in [0.25, 0.3) is 0 Å². The Morgan fingerprint density at radius 3 is 1.95 bits per heavy atom. The Morgan fingerprint density at radius 1 is 0.800 bits per heavy atom. The molecule has 0 N–H and O–H groups in total. The molecule has 0 saturated heterocycles. The fourth-order valence-electron chi connectivity index (χ4n) is 2.25. The topological polar surface area (TPSA) is 0 Å². The summed E-state index contributed by atoms with van der Waals surface area (Å²) in [6, 6.07) is 8.10. The average Bonchev–Trinajstić information content (AvgIpc) is 2.37. The second kappa shape index (κ2) is 9.32. The molecule has 4 heteroatoms. The monoisotopic (exact) mass is 304 g/mol. The molecule has 0 radical (unpaired) electrons. The SMILES string of the molecule is FC(F)(F)CCCCCCCCCc1ccccc1S. The quantitative estimate of drug-likeness (QED) is 0.407. The number of alkyl halides is 3. The first-order valence-electron chi connectivity index (χ1n) is 7.33. The highest BCUT2D eigenvalue weighted by molar-refractivity contribution is 7.80. The van der Waals surface area contributed by atoms with Crippen LogP contribution in [0.5, 0.6) is 0 Å². The number of hydrogen-bond donors (Lipinski definition) is 1. The maximum Gasteiger partial charge on any atom is 0.389 e. The van der Waals surface area contributed by atoms with Crippen LogP contribution in [0, 0.1) is 0 Å². The van der Waals surface area contributed by atoms with Gasteiger partial charge >= 0.3 is 6.18 Å². The first-order valence-corrected chi connectivity index (χ1v) is 7.77. The lowest BCUT2D eigenvalue weighted by atomic mass is 10.0. The smallest absolute Gasteiger partial charge is 0.171 e. The Balaban J connectivity index is 1.94. The summed E-state index contributed by atoms with van der Waals surface area (Å²) >= 11 is 4.41. The Bertz CT molecular complexity index is 374. The van der Waals surface area contributed by atoms with Crippen molar-refractivity contribution in [3.63, 3.8) is 0 Å². The molecule has 0 amide bonds. The molecule has 0 fully saturated rings. The van der Waals surface area contributed by atoms with Crippen LogP contribution in [0.3, 0.4) is 0 Å². The van der Waals surface area contributed by atoms with E-state index >= 15 is 0 Å². The van der Waals surface area contributed by atoms with Crippen molar-refractivity contribution in [2.24, 2.45) is 0 Å². The lowest BCUT2D eigenvalue weighted by Gasteiger charge is -2.06. The highest BCUT2D eigenvalue weighted by atomic mass is 32.1. The molecule has 0 aliphatic carbocycles. The van der Waals surface area contributed by atoms with Crippen LogP contribution >= 0.6 is 12.6 Å². The Kier molecular flexibility index (Phi) is 8.12. The summed E-state index contributed by atoms with van der Waals surface area (Å²) in [5.74, 6) is 0. The highest BCUT2D eigenvalue weighted by Gasteiger charge is 2.25. The van der Waals surface area contributed by atoms with E-state index in [1.54, 1.807) is 0 Å². The average molecular weight is 304 g/mol. The van der Waals surface area contributed by atoms with Gasteiger partial charge in [0, 0.05) is 11.3 Å². The lowest BCUT2D eigenvalue weighted by Crippen LogP contribution is -2.06. The molecular weight excluding hydrogens is 281 g/mol. The van der Waals surface area contributed by atoms with Crippen molar-refractivity contribution >= 4 is 12.6 Å². The molecule has 0 spiro atoms. The summed E-state index contributed by atoms with van der Waals surface area (Å²) in [7, 11) is 0. The zero-order valence-electron chi connectivity index (χ0n) is 11.8. The number of unbranched alkanes of at least 4 members (excludes halogenated alkanes) is 6. The van der Waals surface area contributed by atoms with E-state index in [2.05, 4.69) is 18.7 Å². The first-order chi connectivity index (χ1) is 9.49. The molecule has 1 aromatic rings. The van der Waals surface area contributed by atoms with E-state index in [4.69, 9.17) is 0 Å². The predicted octanol–water partition coefficient (Wildman–Crippen LogP) is 6.20. The fourth-order valence-corrected chi connectivity index (χ4v) is 2.52. The Hall–Kier alpha value is -0.640. The van der Waals surface area contributed by atoms with E-state index in [9.17, 15) is 13.2 Å². The standard InChI is InChI=1S/C16H23F3S/c17-16(18,19)13-9-5-3-1-2-4-6-10-14-11-7-8-12-15(14)20/h7-8,11-12,20H,1-6,9-10,13H2. The van der Waals surface area contributed by atoms with E-state index in [0.717, 1.165) is 43.4 Å². The zero-order valence-corrected chi connectivity index (χ0v) is 12.6. The van der Waals surface area contributed by atoms with Crippen molar-refractivity contribution in [3.8, 4) is 0 Å². The molecule has 0 aromatic heterocycles.